The topological polar surface area (TPSA) is 37.1 Å². The fourth-order valence-electron chi connectivity index (χ4n) is 0. The molecular formula is C5H12NO2+. The number of hydrogen-bond acceptors (Lipinski definition) is 2. The molecule has 0 aliphatic carbocycles. The van der Waals surface area contributed by atoms with E-state index in [2.05, 4.69) is 0 Å². The summed E-state index contributed by atoms with van der Waals surface area (Å²) in [7, 11) is 2.89. The molecular weight excluding hydrogens is 106 g/mol. The lowest BCUT2D eigenvalue weighted by Crippen LogP contribution is -1.83. The van der Waals surface area contributed by atoms with Gasteiger partial charge in [-0.05, 0) is 18.6 Å². The Bertz CT molecular complexity index is 68.4. The van der Waals surface area contributed by atoms with Crippen LogP contribution in [0.15, 0.2) is 0 Å². The molecule has 3 heteroatoms. The molecule has 0 aromatic carbocycles. The van der Waals surface area contributed by atoms with E-state index in [9.17, 15) is 9.70 Å². The van der Waals surface area contributed by atoms with Crippen molar-refractivity contribution >= 4 is 5.78 Å². The fourth-order valence-corrected chi connectivity index (χ4v) is 0. The van der Waals surface area contributed by atoms with Gasteiger partial charge in [0.15, 0.2) is 14.1 Å². The molecule has 0 N–H and O–H groups in total. The molecule has 48 valence electrons. The zero-order valence-electron chi connectivity index (χ0n) is 5.76. The summed E-state index contributed by atoms with van der Waals surface area (Å²) in [6.07, 6.45) is 0. The number of nitrogens with zero attached hydrogens (tertiary/aromatic N) is 1. The molecule has 0 saturated carbocycles. The van der Waals surface area contributed by atoms with Gasteiger partial charge in [-0.25, -0.2) is 0 Å². The summed E-state index contributed by atoms with van der Waals surface area (Å²) in [5, 5.41) is 0. The lowest BCUT2D eigenvalue weighted by Gasteiger charge is -1.56. The van der Waals surface area contributed by atoms with Gasteiger partial charge in [-0.2, -0.15) is 0 Å². The molecule has 0 spiro atoms. The summed E-state index contributed by atoms with van der Waals surface area (Å²) in [5.41, 5.74) is 0. The van der Waals surface area contributed by atoms with Crippen LogP contribution in [0.2, 0.25) is 0 Å². The van der Waals surface area contributed by atoms with Gasteiger partial charge in [0.1, 0.15) is 5.78 Å². The minimum atomic E-state index is 0.167. The average molecular weight is 118 g/mol. The number of carbonyl (C=O) groups excluding carboxylic acids is 1. The van der Waals surface area contributed by atoms with Crippen LogP contribution in [0.3, 0.4) is 0 Å². The molecule has 0 unspecified atom stereocenters. The van der Waals surface area contributed by atoms with E-state index in [4.69, 9.17) is 0 Å². The largest absolute Gasteiger partial charge is 0.300 e. The Morgan fingerprint density at radius 1 is 1.25 bits per heavy atom. The fraction of sp³-hybridized carbons (Fsp3) is 0.800. The minimum Gasteiger partial charge on any atom is -0.300 e. The molecule has 0 aromatic rings. The minimum absolute atomic E-state index is 0.167. The molecule has 0 fully saturated rings. The average Bonchev–Trinajstić information content (AvgIpc) is 1.25. The molecule has 0 atom stereocenters. The third-order valence-corrected chi connectivity index (χ3v) is 0. The van der Waals surface area contributed by atoms with Gasteiger partial charge in [0.25, 0.3) is 0 Å². The highest BCUT2D eigenvalue weighted by molar-refractivity contribution is 5.72. The van der Waals surface area contributed by atoms with Crippen LogP contribution in [-0.2, 0) is 4.79 Å². The van der Waals surface area contributed by atoms with Crippen LogP contribution in [0.5, 0.6) is 0 Å². The van der Waals surface area contributed by atoms with Gasteiger partial charge in [-0.15, -0.1) is 0 Å². The summed E-state index contributed by atoms with van der Waals surface area (Å²) in [6, 6.07) is 0. The zero-order chi connectivity index (χ0) is 7.15. The molecule has 3 nitrogen and oxygen atoms in total. The van der Waals surface area contributed by atoms with E-state index in [-0.39, 0.29) is 5.78 Å². The molecule has 0 rings (SSSR count). The Hall–Kier alpha value is -0.730. The predicted octanol–water partition coefficient (Wildman–Crippen LogP) is 0.620. The van der Waals surface area contributed by atoms with E-state index in [0.29, 0.717) is 0 Å². The number of nitroso groups, excluding NO2 is 1. The molecule has 0 aromatic heterocycles. The molecule has 8 heavy (non-hydrogen) atoms. The molecule has 0 bridgehead atoms. The van der Waals surface area contributed by atoms with Gasteiger partial charge in [0.05, 0.1) is 0 Å². The third kappa shape index (κ3) is 180. The Kier molecular flexibility index (Phi) is 8.07. The van der Waals surface area contributed by atoms with Gasteiger partial charge in [-0.3, -0.25) is 0 Å². The number of rotatable bonds is 0. The van der Waals surface area contributed by atoms with E-state index in [0.717, 1.165) is 4.76 Å². The highest BCUT2D eigenvalue weighted by Crippen LogP contribution is 1.50. The van der Waals surface area contributed by atoms with Crippen molar-refractivity contribution in [3.63, 3.8) is 0 Å². The van der Waals surface area contributed by atoms with Crippen molar-refractivity contribution in [2.45, 2.75) is 13.8 Å². The lowest BCUT2D eigenvalue weighted by atomic mass is 10.6. The Balaban J connectivity index is 0. The predicted molar refractivity (Wildman–Crippen MR) is 31.8 cm³/mol. The Morgan fingerprint density at radius 3 is 1.25 bits per heavy atom. The van der Waals surface area contributed by atoms with Gasteiger partial charge in [0.2, 0.25) is 0 Å². The maximum absolute atomic E-state index is 9.44. The Labute approximate surface area is 49.3 Å². The van der Waals surface area contributed by atoms with Crippen molar-refractivity contribution in [2.75, 3.05) is 14.1 Å². The van der Waals surface area contributed by atoms with Crippen molar-refractivity contribution in [2.24, 2.45) is 0 Å². The van der Waals surface area contributed by atoms with Crippen molar-refractivity contribution in [1.82, 2.24) is 0 Å². The summed E-state index contributed by atoms with van der Waals surface area (Å²) in [5.74, 6) is 0.167. The van der Waals surface area contributed by atoms with E-state index in [1.807, 2.05) is 0 Å². The van der Waals surface area contributed by atoms with Crippen molar-refractivity contribution in [1.29, 1.82) is 0 Å². The Morgan fingerprint density at radius 2 is 1.25 bits per heavy atom. The number of ketones is 1. The maximum Gasteiger partial charge on any atom is 0.182 e. The van der Waals surface area contributed by atoms with Gasteiger partial charge < -0.3 is 4.79 Å². The quantitative estimate of drug-likeness (QED) is 0.437. The highest BCUT2D eigenvalue weighted by atomic mass is 16.3. The number of Topliss-reactive ketones (excluding diaryl/α,β-unsaturated/α-hetero) is 1. The first-order valence-corrected chi connectivity index (χ1v) is 2.28. The monoisotopic (exact) mass is 118 g/mol. The first-order valence-electron chi connectivity index (χ1n) is 2.28. The maximum atomic E-state index is 9.44. The summed E-state index contributed by atoms with van der Waals surface area (Å²) in [6.45, 7) is 3.06. The standard InChI is InChI=1S/C3H6O.C2H6NO/c2*1-3(2)4/h2*1-2H3/q;+1. The second kappa shape index (κ2) is 6.27. The van der Waals surface area contributed by atoms with Gasteiger partial charge in [0, 0.05) is 4.91 Å². The van der Waals surface area contributed by atoms with Crippen LogP contribution >= 0.6 is 0 Å². The van der Waals surface area contributed by atoms with Crippen LogP contribution in [-0.4, -0.2) is 24.6 Å². The molecule has 0 aliphatic rings. The summed E-state index contributed by atoms with van der Waals surface area (Å²) >= 11 is 0. The number of carbonyl (C=O) groups is 1. The van der Waals surface area contributed by atoms with Crippen LogP contribution in [0.1, 0.15) is 13.8 Å². The molecule has 0 aliphatic heterocycles. The smallest absolute Gasteiger partial charge is 0.182 e. The van der Waals surface area contributed by atoms with E-state index < -0.39 is 0 Å². The summed E-state index contributed by atoms with van der Waals surface area (Å²) in [4.78, 5) is 18.8. The molecule has 0 radical (unpaired) electrons. The highest BCUT2D eigenvalue weighted by Gasteiger charge is 1.66. The molecule has 0 amide bonds. The molecule has 0 saturated heterocycles. The normalized spacial score (nSPS) is 6.50. The zero-order valence-corrected chi connectivity index (χ0v) is 5.76. The van der Waals surface area contributed by atoms with Crippen LogP contribution in [0, 0.1) is 4.91 Å². The van der Waals surface area contributed by atoms with Crippen LogP contribution < -0.4 is 0 Å². The van der Waals surface area contributed by atoms with Crippen molar-refractivity contribution in [3.8, 4) is 0 Å². The molecule has 0 heterocycles. The van der Waals surface area contributed by atoms with Crippen LogP contribution in [0.25, 0.3) is 0 Å². The van der Waals surface area contributed by atoms with E-state index in [1.54, 1.807) is 0 Å². The summed E-state index contributed by atoms with van der Waals surface area (Å²) < 4.78 is 0.750. The first kappa shape index (κ1) is 10.3. The SMILES string of the molecule is CC(C)=O.C[N+](C)=O. The first-order chi connectivity index (χ1) is 3.46. The van der Waals surface area contributed by atoms with Gasteiger partial charge in [-0.1, -0.05) is 0 Å². The van der Waals surface area contributed by atoms with Crippen molar-refractivity contribution < 1.29 is 9.55 Å². The van der Waals surface area contributed by atoms with Crippen LogP contribution in [0.4, 0.5) is 0 Å². The van der Waals surface area contributed by atoms with E-state index >= 15 is 0 Å². The third-order valence-electron chi connectivity index (χ3n) is 0. The van der Waals surface area contributed by atoms with E-state index in [1.165, 1.54) is 27.9 Å². The number of hydrogen-bond donors (Lipinski definition) is 0. The van der Waals surface area contributed by atoms with Crippen molar-refractivity contribution in [3.05, 3.63) is 4.91 Å². The lowest BCUT2D eigenvalue weighted by molar-refractivity contribution is -0.486. The van der Waals surface area contributed by atoms with Gasteiger partial charge >= 0.3 is 0 Å². The second-order valence-electron chi connectivity index (χ2n) is 1.72. The second-order valence-corrected chi connectivity index (χ2v) is 1.72.